The molecule has 1 unspecified atom stereocenters. The highest BCUT2D eigenvalue weighted by Crippen LogP contribution is 2.13. The number of carbonyl (C=O) groups excluding carboxylic acids is 1. The van der Waals surface area contributed by atoms with Crippen molar-refractivity contribution in [1.82, 2.24) is 0 Å². The number of hydrogen-bond donors (Lipinski definition) is 0. The van der Waals surface area contributed by atoms with Crippen LogP contribution in [0.25, 0.3) is 0 Å². The van der Waals surface area contributed by atoms with Crippen LogP contribution in [-0.2, 0) is 52.2 Å². The summed E-state index contributed by atoms with van der Waals surface area (Å²) in [6, 6.07) is 0. The van der Waals surface area contributed by atoms with E-state index in [2.05, 4.69) is 6.58 Å². The van der Waals surface area contributed by atoms with E-state index in [0.29, 0.717) is 99.1 Å². The molecule has 0 aromatic heterocycles. The van der Waals surface area contributed by atoms with Crippen LogP contribution in [0, 0.1) is 0 Å². The molecule has 0 saturated carbocycles. The van der Waals surface area contributed by atoms with Gasteiger partial charge in [-0.25, -0.2) is 4.79 Å². The first-order chi connectivity index (χ1) is 17.3. The highest BCUT2D eigenvalue weighted by molar-refractivity contribution is 5.81. The summed E-state index contributed by atoms with van der Waals surface area (Å²) in [4.78, 5) is 10.8. The molecule has 1 fully saturated rings. The molecule has 206 valence electrons. The largest absolute Gasteiger partial charge is 0.460 e. The summed E-state index contributed by atoms with van der Waals surface area (Å²) in [5.74, 6) is -0.455. The van der Waals surface area contributed by atoms with E-state index in [4.69, 9.17) is 47.4 Å². The fraction of sp³-hybridized carbons (Fsp3) is 0.875. The molecule has 0 amide bonds. The Kier molecular flexibility index (Phi) is 23.6. The maximum absolute atomic E-state index is 10.8. The van der Waals surface area contributed by atoms with Gasteiger partial charge in [0.05, 0.1) is 99.1 Å². The predicted octanol–water partition coefficient (Wildman–Crippen LogP) is 1.38. The minimum atomic E-state index is -0.455. The van der Waals surface area contributed by atoms with Crippen LogP contribution in [0.15, 0.2) is 12.7 Å². The third kappa shape index (κ3) is 23.0. The first kappa shape index (κ1) is 31.9. The topological polar surface area (TPSA) is 109 Å². The molecule has 1 atom stereocenters. The minimum absolute atomic E-state index is 0.0658. The molecular formula is C24H44O11. The van der Waals surface area contributed by atoms with Gasteiger partial charge in [0.15, 0.2) is 6.29 Å². The SMILES string of the molecule is C=CC(=O)OCCOCCOCCOCCOCCOCCOCCOCCOC1CCCCO1. The van der Waals surface area contributed by atoms with Crippen molar-refractivity contribution in [3.8, 4) is 0 Å². The lowest BCUT2D eigenvalue weighted by atomic mass is 10.2. The lowest BCUT2D eigenvalue weighted by Gasteiger charge is -2.22. The number of rotatable bonds is 26. The summed E-state index contributed by atoms with van der Waals surface area (Å²) in [5.41, 5.74) is 0. The Morgan fingerprint density at radius 2 is 1.03 bits per heavy atom. The first-order valence-electron chi connectivity index (χ1n) is 12.4. The van der Waals surface area contributed by atoms with E-state index in [9.17, 15) is 4.79 Å². The number of carbonyl (C=O) groups is 1. The Morgan fingerprint density at radius 1 is 0.629 bits per heavy atom. The van der Waals surface area contributed by atoms with Crippen LogP contribution in [0.4, 0.5) is 0 Å². The molecule has 0 aromatic rings. The zero-order valence-corrected chi connectivity index (χ0v) is 21.0. The molecule has 11 nitrogen and oxygen atoms in total. The van der Waals surface area contributed by atoms with Crippen molar-refractivity contribution >= 4 is 5.97 Å². The van der Waals surface area contributed by atoms with E-state index in [1.807, 2.05) is 0 Å². The Bertz CT molecular complexity index is 472. The van der Waals surface area contributed by atoms with Gasteiger partial charge in [0, 0.05) is 12.7 Å². The van der Waals surface area contributed by atoms with Crippen molar-refractivity contribution in [3.05, 3.63) is 12.7 Å². The molecule has 11 heteroatoms. The second-order valence-electron chi connectivity index (χ2n) is 7.33. The van der Waals surface area contributed by atoms with Gasteiger partial charge in [0.2, 0.25) is 0 Å². The van der Waals surface area contributed by atoms with Crippen molar-refractivity contribution in [2.24, 2.45) is 0 Å². The zero-order chi connectivity index (χ0) is 25.1. The van der Waals surface area contributed by atoms with E-state index < -0.39 is 5.97 Å². The van der Waals surface area contributed by atoms with E-state index in [-0.39, 0.29) is 12.9 Å². The number of hydrogen-bond acceptors (Lipinski definition) is 11. The Balaban J connectivity index is 1.63. The van der Waals surface area contributed by atoms with Crippen molar-refractivity contribution < 1.29 is 52.2 Å². The monoisotopic (exact) mass is 508 g/mol. The second kappa shape index (κ2) is 25.9. The molecule has 0 aromatic carbocycles. The van der Waals surface area contributed by atoms with Crippen LogP contribution in [0.5, 0.6) is 0 Å². The first-order valence-corrected chi connectivity index (χ1v) is 12.4. The fourth-order valence-corrected chi connectivity index (χ4v) is 2.76. The van der Waals surface area contributed by atoms with Gasteiger partial charge < -0.3 is 47.4 Å². The molecule has 0 bridgehead atoms. The Hall–Kier alpha value is -1.15. The predicted molar refractivity (Wildman–Crippen MR) is 126 cm³/mol. The van der Waals surface area contributed by atoms with Crippen LogP contribution >= 0.6 is 0 Å². The third-order valence-corrected chi connectivity index (χ3v) is 4.54. The standard InChI is InChI=1S/C24H44O11/c1-2-23(25)33-21-19-31-17-15-29-13-11-27-9-7-26-8-10-28-12-14-30-16-18-32-20-22-35-24-5-3-4-6-34-24/h2,24H,1,3-22H2. The van der Waals surface area contributed by atoms with Crippen LogP contribution in [-0.4, -0.2) is 125 Å². The molecular weight excluding hydrogens is 464 g/mol. The van der Waals surface area contributed by atoms with Gasteiger partial charge in [-0.3, -0.25) is 0 Å². The summed E-state index contributed by atoms with van der Waals surface area (Å²) in [6.45, 7) is 11.7. The van der Waals surface area contributed by atoms with Crippen molar-refractivity contribution in [2.75, 3.05) is 112 Å². The number of esters is 1. The Labute approximate surface area is 209 Å². The van der Waals surface area contributed by atoms with Gasteiger partial charge in [0.1, 0.15) is 6.61 Å². The van der Waals surface area contributed by atoms with E-state index >= 15 is 0 Å². The van der Waals surface area contributed by atoms with Gasteiger partial charge in [-0.2, -0.15) is 0 Å². The highest BCUT2D eigenvalue weighted by atomic mass is 16.7. The summed E-state index contributed by atoms with van der Waals surface area (Å²) < 4.78 is 53.7. The average Bonchev–Trinajstić information content (AvgIpc) is 2.89. The zero-order valence-electron chi connectivity index (χ0n) is 21.0. The maximum Gasteiger partial charge on any atom is 0.330 e. The molecule has 35 heavy (non-hydrogen) atoms. The second-order valence-corrected chi connectivity index (χ2v) is 7.33. The average molecular weight is 509 g/mol. The van der Waals surface area contributed by atoms with Gasteiger partial charge in [-0.1, -0.05) is 6.58 Å². The number of ether oxygens (including phenoxy) is 10. The minimum Gasteiger partial charge on any atom is -0.460 e. The van der Waals surface area contributed by atoms with Gasteiger partial charge in [0.25, 0.3) is 0 Å². The molecule has 1 saturated heterocycles. The Morgan fingerprint density at radius 3 is 1.40 bits per heavy atom. The summed E-state index contributed by atoms with van der Waals surface area (Å²) in [6.07, 6.45) is 4.30. The van der Waals surface area contributed by atoms with Crippen molar-refractivity contribution in [2.45, 2.75) is 25.6 Å². The van der Waals surface area contributed by atoms with Gasteiger partial charge >= 0.3 is 5.97 Å². The van der Waals surface area contributed by atoms with Crippen LogP contribution in [0.3, 0.4) is 0 Å². The molecule has 1 aliphatic heterocycles. The molecule has 1 aliphatic rings. The normalized spacial score (nSPS) is 15.8. The maximum atomic E-state index is 10.8. The van der Waals surface area contributed by atoms with Crippen LogP contribution in [0.1, 0.15) is 19.3 Å². The summed E-state index contributed by atoms with van der Waals surface area (Å²) in [5, 5.41) is 0. The molecule has 0 N–H and O–H groups in total. The molecule has 0 radical (unpaired) electrons. The highest BCUT2D eigenvalue weighted by Gasteiger charge is 2.13. The van der Waals surface area contributed by atoms with Crippen LogP contribution < -0.4 is 0 Å². The smallest absolute Gasteiger partial charge is 0.330 e. The molecule has 1 rings (SSSR count). The van der Waals surface area contributed by atoms with Crippen molar-refractivity contribution in [1.29, 1.82) is 0 Å². The lowest BCUT2D eigenvalue weighted by molar-refractivity contribution is -0.169. The van der Waals surface area contributed by atoms with Gasteiger partial charge in [-0.05, 0) is 19.3 Å². The van der Waals surface area contributed by atoms with E-state index in [0.717, 1.165) is 31.9 Å². The molecule has 0 spiro atoms. The van der Waals surface area contributed by atoms with Crippen LogP contribution in [0.2, 0.25) is 0 Å². The molecule has 0 aliphatic carbocycles. The van der Waals surface area contributed by atoms with E-state index in [1.165, 1.54) is 0 Å². The fourth-order valence-electron chi connectivity index (χ4n) is 2.76. The lowest BCUT2D eigenvalue weighted by Crippen LogP contribution is -2.24. The third-order valence-electron chi connectivity index (χ3n) is 4.54. The molecule has 1 heterocycles. The van der Waals surface area contributed by atoms with Crippen molar-refractivity contribution in [3.63, 3.8) is 0 Å². The quantitative estimate of drug-likeness (QED) is 0.0960. The van der Waals surface area contributed by atoms with E-state index in [1.54, 1.807) is 0 Å². The summed E-state index contributed by atoms with van der Waals surface area (Å²) in [7, 11) is 0. The summed E-state index contributed by atoms with van der Waals surface area (Å²) >= 11 is 0. The van der Waals surface area contributed by atoms with Gasteiger partial charge in [-0.15, -0.1) is 0 Å².